The molecular weight excluding hydrogens is 338 g/mol. The molecule has 0 aliphatic carbocycles. The Labute approximate surface area is 161 Å². The molecule has 0 unspecified atom stereocenters. The minimum atomic E-state index is -0.510. The molecule has 1 aromatic heterocycles. The first-order chi connectivity index (χ1) is 12.8. The summed E-state index contributed by atoms with van der Waals surface area (Å²) in [5.41, 5.74) is 2.96. The first-order valence-electron chi connectivity index (χ1n) is 9.48. The molecule has 2 atom stereocenters. The molecule has 3 rings (SSSR count). The lowest BCUT2D eigenvalue weighted by Gasteiger charge is -2.24. The molecule has 0 radical (unpaired) electrons. The number of amides is 1. The van der Waals surface area contributed by atoms with Crippen LogP contribution in [0, 0.1) is 6.92 Å². The Balaban J connectivity index is 1.75. The number of ether oxygens (including phenoxy) is 1. The number of aromatic nitrogens is 1. The summed E-state index contributed by atoms with van der Waals surface area (Å²) in [5.74, 6) is 0.140. The van der Waals surface area contributed by atoms with Crippen molar-refractivity contribution < 1.29 is 9.53 Å². The molecule has 2 heterocycles. The highest BCUT2D eigenvalue weighted by Crippen LogP contribution is 2.28. The standard InChI is InChI=1S/C22H29N3O2/c1-16-10-11-23-19(12-16)18-14-25(13-17-8-6-5-7-9-17)15-20(18)24-21(26)27-22(2,3)4/h5-12,18,20H,13-15H2,1-4H3,(H,24,26)/t18-,20+/m1/s1. The van der Waals surface area contributed by atoms with Gasteiger partial charge in [-0.3, -0.25) is 9.88 Å². The monoisotopic (exact) mass is 367 g/mol. The van der Waals surface area contributed by atoms with Gasteiger partial charge in [0.1, 0.15) is 5.60 Å². The number of hydrogen-bond donors (Lipinski definition) is 1. The maximum atomic E-state index is 12.4. The van der Waals surface area contributed by atoms with Gasteiger partial charge in [-0.1, -0.05) is 30.3 Å². The van der Waals surface area contributed by atoms with Gasteiger partial charge < -0.3 is 10.1 Å². The van der Waals surface area contributed by atoms with Gasteiger partial charge in [-0.15, -0.1) is 0 Å². The zero-order chi connectivity index (χ0) is 19.4. The first-order valence-corrected chi connectivity index (χ1v) is 9.48. The molecule has 144 valence electrons. The smallest absolute Gasteiger partial charge is 0.407 e. The van der Waals surface area contributed by atoms with Crippen molar-refractivity contribution in [3.8, 4) is 0 Å². The van der Waals surface area contributed by atoms with E-state index in [1.165, 1.54) is 11.1 Å². The summed E-state index contributed by atoms with van der Waals surface area (Å²) >= 11 is 0. The Morgan fingerprint density at radius 2 is 1.96 bits per heavy atom. The van der Waals surface area contributed by atoms with E-state index in [2.05, 4.69) is 52.5 Å². The molecule has 5 heteroatoms. The Morgan fingerprint density at radius 1 is 1.22 bits per heavy atom. The van der Waals surface area contributed by atoms with Crippen molar-refractivity contribution in [3.63, 3.8) is 0 Å². The van der Waals surface area contributed by atoms with Gasteiger partial charge in [0.15, 0.2) is 0 Å². The minimum absolute atomic E-state index is 0.0298. The molecule has 27 heavy (non-hydrogen) atoms. The maximum Gasteiger partial charge on any atom is 0.407 e. The Bertz CT molecular complexity index is 771. The van der Waals surface area contributed by atoms with E-state index in [1.54, 1.807) is 0 Å². The van der Waals surface area contributed by atoms with Gasteiger partial charge in [0.2, 0.25) is 0 Å². The normalized spacial score (nSPS) is 20.4. The van der Waals surface area contributed by atoms with Crippen LogP contribution >= 0.6 is 0 Å². The molecule has 1 saturated heterocycles. The van der Waals surface area contributed by atoms with Gasteiger partial charge in [-0.25, -0.2) is 4.79 Å². The van der Waals surface area contributed by atoms with Crippen LogP contribution in [-0.4, -0.2) is 40.7 Å². The van der Waals surface area contributed by atoms with Crippen molar-refractivity contribution in [2.45, 2.75) is 51.8 Å². The summed E-state index contributed by atoms with van der Waals surface area (Å²) in [6, 6.07) is 14.5. The fourth-order valence-electron chi connectivity index (χ4n) is 3.52. The third kappa shape index (κ3) is 5.54. The third-order valence-corrected chi connectivity index (χ3v) is 4.66. The van der Waals surface area contributed by atoms with Gasteiger partial charge in [0, 0.05) is 37.4 Å². The third-order valence-electron chi connectivity index (χ3n) is 4.66. The molecule has 1 fully saturated rings. The second kappa shape index (κ2) is 8.09. The van der Waals surface area contributed by atoms with E-state index in [9.17, 15) is 4.79 Å². The lowest BCUT2D eigenvalue weighted by molar-refractivity contribution is 0.0502. The van der Waals surface area contributed by atoms with Crippen LogP contribution in [0.3, 0.4) is 0 Å². The molecule has 0 spiro atoms. The molecular formula is C22H29N3O2. The second-order valence-corrected chi connectivity index (χ2v) is 8.30. The molecule has 1 amide bonds. The highest BCUT2D eigenvalue weighted by Gasteiger charge is 2.36. The summed E-state index contributed by atoms with van der Waals surface area (Å²) in [5, 5.41) is 3.08. The van der Waals surface area contributed by atoms with Crippen LogP contribution in [0.4, 0.5) is 4.79 Å². The van der Waals surface area contributed by atoms with Crippen molar-refractivity contribution in [2.75, 3.05) is 13.1 Å². The molecule has 0 saturated carbocycles. The molecule has 1 aliphatic heterocycles. The number of hydrogen-bond acceptors (Lipinski definition) is 4. The van der Waals surface area contributed by atoms with E-state index < -0.39 is 5.60 Å². The van der Waals surface area contributed by atoms with E-state index in [-0.39, 0.29) is 18.1 Å². The number of nitrogens with one attached hydrogen (secondary N) is 1. The number of carbonyl (C=O) groups excluding carboxylic acids is 1. The first kappa shape index (κ1) is 19.4. The zero-order valence-corrected chi connectivity index (χ0v) is 16.6. The van der Waals surface area contributed by atoms with Crippen molar-refractivity contribution in [1.29, 1.82) is 0 Å². The van der Waals surface area contributed by atoms with E-state index in [0.29, 0.717) is 0 Å². The fraction of sp³-hybridized carbons (Fsp3) is 0.455. The van der Waals surface area contributed by atoms with Crippen molar-refractivity contribution in [1.82, 2.24) is 15.2 Å². The van der Waals surface area contributed by atoms with E-state index in [0.717, 1.165) is 25.3 Å². The van der Waals surface area contributed by atoms with Crippen LogP contribution in [0.2, 0.25) is 0 Å². The minimum Gasteiger partial charge on any atom is -0.444 e. The van der Waals surface area contributed by atoms with Crippen molar-refractivity contribution in [3.05, 3.63) is 65.5 Å². The number of aryl methyl sites for hydroxylation is 1. The summed E-state index contributed by atoms with van der Waals surface area (Å²) in [4.78, 5) is 19.3. The number of rotatable bonds is 4. The number of likely N-dealkylation sites (tertiary alicyclic amines) is 1. The number of alkyl carbamates (subject to hydrolysis) is 1. The quantitative estimate of drug-likeness (QED) is 0.891. The van der Waals surface area contributed by atoms with Crippen LogP contribution in [0.25, 0.3) is 0 Å². The molecule has 0 bridgehead atoms. The van der Waals surface area contributed by atoms with Crippen LogP contribution in [0.5, 0.6) is 0 Å². The predicted octanol–water partition coefficient (Wildman–Crippen LogP) is 3.88. The number of nitrogens with zero attached hydrogens (tertiary/aromatic N) is 2. The summed E-state index contributed by atoms with van der Waals surface area (Å²) < 4.78 is 5.47. The SMILES string of the molecule is Cc1ccnc([C@H]2CN(Cc3ccccc3)C[C@@H]2NC(=O)OC(C)(C)C)c1. The Kier molecular flexibility index (Phi) is 5.80. The van der Waals surface area contributed by atoms with E-state index in [4.69, 9.17) is 4.74 Å². The van der Waals surface area contributed by atoms with Crippen molar-refractivity contribution >= 4 is 6.09 Å². The van der Waals surface area contributed by atoms with Gasteiger partial charge >= 0.3 is 6.09 Å². The lowest BCUT2D eigenvalue weighted by Crippen LogP contribution is -2.42. The number of benzene rings is 1. The Hall–Kier alpha value is -2.40. The summed E-state index contributed by atoms with van der Waals surface area (Å²) in [7, 11) is 0. The van der Waals surface area contributed by atoms with Crippen LogP contribution in [0.1, 0.15) is 43.5 Å². The second-order valence-electron chi connectivity index (χ2n) is 8.30. The average molecular weight is 367 g/mol. The molecule has 1 aromatic carbocycles. The highest BCUT2D eigenvalue weighted by atomic mass is 16.6. The molecule has 1 aliphatic rings. The predicted molar refractivity (Wildman–Crippen MR) is 107 cm³/mol. The topological polar surface area (TPSA) is 54.5 Å². The molecule has 2 aromatic rings. The van der Waals surface area contributed by atoms with Crippen LogP contribution in [-0.2, 0) is 11.3 Å². The average Bonchev–Trinajstić information content (AvgIpc) is 2.96. The lowest BCUT2D eigenvalue weighted by atomic mass is 9.98. The van der Waals surface area contributed by atoms with Crippen molar-refractivity contribution in [2.24, 2.45) is 0 Å². The van der Waals surface area contributed by atoms with E-state index in [1.807, 2.05) is 39.1 Å². The summed E-state index contributed by atoms with van der Waals surface area (Å²) in [6.07, 6.45) is 1.47. The molecule has 5 nitrogen and oxygen atoms in total. The van der Waals surface area contributed by atoms with Gasteiger partial charge in [-0.2, -0.15) is 0 Å². The maximum absolute atomic E-state index is 12.4. The van der Waals surface area contributed by atoms with Gasteiger partial charge in [0.05, 0.1) is 6.04 Å². The zero-order valence-electron chi connectivity index (χ0n) is 16.6. The Morgan fingerprint density at radius 3 is 2.63 bits per heavy atom. The number of carbonyl (C=O) groups is 1. The summed E-state index contributed by atoms with van der Waals surface area (Å²) in [6.45, 7) is 10.2. The largest absolute Gasteiger partial charge is 0.444 e. The molecule has 1 N–H and O–H groups in total. The van der Waals surface area contributed by atoms with Crippen LogP contribution < -0.4 is 5.32 Å². The van der Waals surface area contributed by atoms with Crippen LogP contribution in [0.15, 0.2) is 48.7 Å². The van der Waals surface area contributed by atoms with Gasteiger partial charge in [0.25, 0.3) is 0 Å². The highest BCUT2D eigenvalue weighted by molar-refractivity contribution is 5.68. The number of pyridine rings is 1. The fourth-order valence-corrected chi connectivity index (χ4v) is 3.52. The van der Waals surface area contributed by atoms with E-state index >= 15 is 0 Å². The van der Waals surface area contributed by atoms with Gasteiger partial charge in [-0.05, 0) is 51.0 Å².